The number of thioether (sulfide) groups is 1. The van der Waals surface area contributed by atoms with Crippen LogP contribution < -0.4 is 9.47 Å². The Hall–Kier alpha value is -3.14. The predicted molar refractivity (Wildman–Crippen MR) is 118 cm³/mol. The van der Waals surface area contributed by atoms with Crippen molar-refractivity contribution in [1.29, 1.82) is 0 Å². The standard InChI is InChI=1S/C22H24F2N4O3S/c1-4-28-20(16-7-11-17(30-3)12-8-16)25-26-22(28)32-14-19(29)27(2)13-15-5-9-18(10-6-15)31-21(23)24/h5-12,21H,4,13-14H2,1-3H3. The van der Waals surface area contributed by atoms with Crippen LogP contribution in [0.3, 0.4) is 0 Å². The fourth-order valence-electron chi connectivity index (χ4n) is 3.01. The van der Waals surface area contributed by atoms with Crippen LogP contribution in [0.25, 0.3) is 11.4 Å². The molecule has 0 aliphatic rings. The first-order valence-electron chi connectivity index (χ1n) is 9.89. The molecule has 0 N–H and O–H groups in total. The number of hydrogen-bond donors (Lipinski definition) is 0. The van der Waals surface area contributed by atoms with Gasteiger partial charge >= 0.3 is 6.61 Å². The number of alkyl halides is 2. The topological polar surface area (TPSA) is 69.5 Å². The summed E-state index contributed by atoms with van der Waals surface area (Å²) in [4.78, 5) is 14.2. The number of nitrogens with zero attached hydrogens (tertiary/aromatic N) is 4. The summed E-state index contributed by atoms with van der Waals surface area (Å²) in [5, 5.41) is 9.21. The summed E-state index contributed by atoms with van der Waals surface area (Å²) in [6, 6.07) is 13.8. The zero-order valence-electron chi connectivity index (χ0n) is 18.0. The van der Waals surface area contributed by atoms with E-state index < -0.39 is 6.61 Å². The monoisotopic (exact) mass is 462 g/mol. The van der Waals surface area contributed by atoms with Gasteiger partial charge in [-0.05, 0) is 48.9 Å². The lowest BCUT2D eigenvalue weighted by Crippen LogP contribution is -2.27. The maximum Gasteiger partial charge on any atom is 0.387 e. The normalized spacial score (nSPS) is 10.9. The minimum absolute atomic E-state index is 0.0832. The first kappa shape index (κ1) is 23.5. The average Bonchev–Trinajstić information content (AvgIpc) is 3.21. The smallest absolute Gasteiger partial charge is 0.387 e. The van der Waals surface area contributed by atoms with Crippen LogP contribution in [-0.2, 0) is 17.9 Å². The Morgan fingerprint density at radius 2 is 1.75 bits per heavy atom. The van der Waals surface area contributed by atoms with Gasteiger partial charge in [0.2, 0.25) is 5.91 Å². The second-order valence-corrected chi connectivity index (χ2v) is 7.78. The summed E-state index contributed by atoms with van der Waals surface area (Å²) in [5.74, 6) is 1.68. The van der Waals surface area contributed by atoms with Gasteiger partial charge in [0, 0.05) is 25.7 Å². The van der Waals surface area contributed by atoms with Crippen molar-refractivity contribution in [2.24, 2.45) is 0 Å². The van der Waals surface area contributed by atoms with Gasteiger partial charge in [-0.1, -0.05) is 23.9 Å². The van der Waals surface area contributed by atoms with E-state index in [1.54, 1.807) is 31.2 Å². The fraction of sp³-hybridized carbons (Fsp3) is 0.318. The van der Waals surface area contributed by atoms with Crippen molar-refractivity contribution >= 4 is 17.7 Å². The van der Waals surface area contributed by atoms with Crippen LogP contribution in [0.15, 0.2) is 53.7 Å². The molecule has 2 aromatic carbocycles. The third-order valence-electron chi connectivity index (χ3n) is 4.70. The van der Waals surface area contributed by atoms with Gasteiger partial charge in [0.1, 0.15) is 11.5 Å². The van der Waals surface area contributed by atoms with Crippen molar-refractivity contribution in [2.45, 2.75) is 31.8 Å². The minimum atomic E-state index is -2.86. The summed E-state index contributed by atoms with van der Waals surface area (Å²) in [7, 11) is 3.31. The Morgan fingerprint density at radius 3 is 2.34 bits per heavy atom. The van der Waals surface area contributed by atoms with E-state index in [-0.39, 0.29) is 17.4 Å². The number of aromatic nitrogens is 3. The number of methoxy groups -OCH3 is 1. The van der Waals surface area contributed by atoms with Gasteiger partial charge in [-0.25, -0.2) is 0 Å². The molecule has 0 bridgehead atoms. The van der Waals surface area contributed by atoms with Gasteiger partial charge < -0.3 is 18.9 Å². The molecule has 3 aromatic rings. The van der Waals surface area contributed by atoms with Crippen molar-refractivity contribution in [1.82, 2.24) is 19.7 Å². The molecule has 7 nitrogen and oxygen atoms in total. The Balaban J connectivity index is 1.59. The highest BCUT2D eigenvalue weighted by Gasteiger charge is 2.16. The molecule has 0 spiro atoms. The van der Waals surface area contributed by atoms with Gasteiger partial charge in [-0.15, -0.1) is 10.2 Å². The van der Waals surface area contributed by atoms with Gasteiger partial charge in [0.25, 0.3) is 0 Å². The number of carbonyl (C=O) groups excluding carboxylic acids is 1. The number of carbonyl (C=O) groups is 1. The molecule has 0 radical (unpaired) electrons. The summed E-state index contributed by atoms with van der Waals surface area (Å²) >= 11 is 1.32. The molecule has 3 rings (SSSR count). The van der Waals surface area contributed by atoms with E-state index in [0.29, 0.717) is 18.2 Å². The van der Waals surface area contributed by atoms with E-state index >= 15 is 0 Å². The molecule has 0 saturated carbocycles. The predicted octanol–water partition coefficient (Wildman–Crippen LogP) is 4.33. The van der Waals surface area contributed by atoms with Crippen molar-refractivity contribution in [3.63, 3.8) is 0 Å². The van der Waals surface area contributed by atoms with E-state index in [1.807, 2.05) is 35.8 Å². The molecule has 0 aliphatic carbocycles. The van der Waals surface area contributed by atoms with Crippen molar-refractivity contribution in [3.05, 3.63) is 54.1 Å². The molecule has 0 unspecified atom stereocenters. The molecule has 0 atom stereocenters. The fourth-order valence-corrected chi connectivity index (χ4v) is 3.95. The van der Waals surface area contributed by atoms with E-state index in [2.05, 4.69) is 14.9 Å². The van der Waals surface area contributed by atoms with Crippen molar-refractivity contribution in [2.75, 3.05) is 19.9 Å². The number of halogens is 2. The highest BCUT2D eigenvalue weighted by Crippen LogP contribution is 2.26. The zero-order chi connectivity index (χ0) is 23.1. The average molecular weight is 463 g/mol. The maximum absolute atomic E-state index is 12.6. The molecule has 1 aromatic heterocycles. The van der Waals surface area contributed by atoms with Gasteiger partial charge in [0.15, 0.2) is 11.0 Å². The zero-order valence-corrected chi connectivity index (χ0v) is 18.8. The molecule has 170 valence electrons. The Morgan fingerprint density at radius 1 is 1.09 bits per heavy atom. The number of ether oxygens (including phenoxy) is 2. The molecular weight excluding hydrogens is 438 g/mol. The van der Waals surface area contributed by atoms with Crippen LogP contribution in [0.1, 0.15) is 12.5 Å². The van der Waals surface area contributed by atoms with Crippen molar-refractivity contribution < 1.29 is 23.0 Å². The number of amides is 1. The Bertz CT molecular complexity index is 1030. The van der Waals surface area contributed by atoms with E-state index in [1.165, 1.54) is 23.9 Å². The summed E-state index contributed by atoms with van der Waals surface area (Å²) < 4.78 is 36.0. The third kappa shape index (κ3) is 5.97. The molecule has 1 heterocycles. The number of rotatable bonds is 10. The molecule has 0 aliphatic heterocycles. The molecule has 10 heteroatoms. The largest absolute Gasteiger partial charge is 0.497 e. The van der Waals surface area contributed by atoms with Crippen LogP contribution >= 0.6 is 11.8 Å². The van der Waals surface area contributed by atoms with Crippen LogP contribution in [0.5, 0.6) is 11.5 Å². The second-order valence-electron chi connectivity index (χ2n) is 6.84. The second kappa shape index (κ2) is 10.9. The quantitative estimate of drug-likeness (QED) is 0.418. The Kier molecular flexibility index (Phi) is 8.04. The lowest BCUT2D eigenvalue weighted by Gasteiger charge is -2.17. The SMILES string of the molecule is CCn1c(SCC(=O)N(C)Cc2ccc(OC(F)F)cc2)nnc1-c1ccc(OC)cc1. The third-order valence-corrected chi connectivity index (χ3v) is 5.65. The molecule has 32 heavy (non-hydrogen) atoms. The summed E-state index contributed by atoms with van der Waals surface area (Å²) in [6.07, 6.45) is 0. The van der Waals surface area contributed by atoms with Crippen LogP contribution in [-0.4, -0.2) is 52.1 Å². The minimum Gasteiger partial charge on any atom is -0.497 e. The van der Waals surface area contributed by atoms with Crippen LogP contribution in [0, 0.1) is 0 Å². The lowest BCUT2D eigenvalue weighted by molar-refractivity contribution is -0.127. The van der Waals surface area contributed by atoms with E-state index in [9.17, 15) is 13.6 Å². The van der Waals surface area contributed by atoms with Crippen LogP contribution in [0.4, 0.5) is 8.78 Å². The molecule has 1 amide bonds. The molecule has 0 saturated heterocycles. The highest BCUT2D eigenvalue weighted by molar-refractivity contribution is 7.99. The van der Waals surface area contributed by atoms with Crippen molar-refractivity contribution in [3.8, 4) is 22.9 Å². The maximum atomic E-state index is 12.6. The van der Waals surface area contributed by atoms with Crippen LogP contribution in [0.2, 0.25) is 0 Å². The number of benzene rings is 2. The number of hydrogen-bond acceptors (Lipinski definition) is 6. The van der Waals surface area contributed by atoms with Gasteiger partial charge in [-0.2, -0.15) is 8.78 Å². The molecule has 0 fully saturated rings. The summed E-state index contributed by atoms with van der Waals surface area (Å²) in [6.45, 7) is 0.146. The molecular formula is C22H24F2N4O3S. The Labute approximate surface area is 189 Å². The van der Waals surface area contributed by atoms with Gasteiger partial charge in [0.05, 0.1) is 12.9 Å². The summed E-state index contributed by atoms with van der Waals surface area (Å²) in [5.41, 5.74) is 1.72. The van der Waals surface area contributed by atoms with Gasteiger partial charge in [-0.3, -0.25) is 4.79 Å². The van der Waals surface area contributed by atoms with E-state index in [0.717, 1.165) is 22.7 Å². The first-order valence-corrected chi connectivity index (χ1v) is 10.9. The van der Waals surface area contributed by atoms with E-state index in [4.69, 9.17) is 4.74 Å². The highest BCUT2D eigenvalue weighted by atomic mass is 32.2. The lowest BCUT2D eigenvalue weighted by atomic mass is 10.2. The first-order chi connectivity index (χ1) is 15.4.